The Morgan fingerprint density at radius 2 is 2.05 bits per heavy atom. The van der Waals surface area contributed by atoms with E-state index in [4.69, 9.17) is 21.1 Å². The number of carbonyl (C=O) groups excluding carboxylic acids is 3. The molecule has 4 aliphatic rings. The molecule has 0 aromatic heterocycles. The van der Waals surface area contributed by atoms with E-state index in [1.54, 1.807) is 24.2 Å². The van der Waals surface area contributed by atoms with Gasteiger partial charge in [0.05, 0.1) is 23.0 Å². The first-order valence-corrected chi connectivity index (χ1v) is 13.8. The molecule has 2 bridgehead atoms. The van der Waals surface area contributed by atoms with Crippen molar-refractivity contribution in [2.45, 2.75) is 63.3 Å². The molecule has 0 radical (unpaired) electrons. The van der Waals surface area contributed by atoms with E-state index in [1.807, 2.05) is 0 Å². The van der Waals surface area contributed by atoms with Gasteiger partial charge in [-0.15, -0.1) is 0 Å². The van der Waals surface area contributed by atoms with Crippen molar-refractivity contribution in [2.75, 3.05) is 25.6 Å². The summed E-state index contributed by atoms with van der Waals surface area (Å²) in [5.41, 5.74) is -0.912. The predicted molar refractivity (Wildman–Crippen MR) is 140 cm³/mol. The van der Waals surface area contributed by atoms with Gasteiger partial charge in [0.2, 0.25) is 17.7 Å². The van der Waals surface area contributed by atoms with Crippen LogP contribution in [0.5, 0.6) is 0 Å². The molecule has 2 N–H and O–H groups in total. The summed E-state index contributed by atoms with van der Waals surface area (Å²) in [6, 6.07) is 3.03. The maximum absolute atomic E-state index is 13.9. The molecule has 1 aliphatic carbocycles. The molecule has 3 aliphatic heterocycles. The number of carbonyl (C=O) groups is 3. The van der Waals surface area contributed by atoms with E-state index in [0.29, 0.717) is 37.1 Å². The third-order valence-electron chi connectivity index (χ3n) is 8.89. The second-order valence-electron chi connectivity index (χ2n) is 11.1. The van der Waals surface area contributed by atoms with E-state index in [-0.39, 0.29) is 22.9 Å². The lowest BCUT2D eigenvalue weighted by atomic mass is 9.73. The molecule has 1 aromatic rings. The molecule has 206 valence electrons. The van der Waals surface area contributed by atoms with Crippen molar-refractivity contribution in [3.8, 4) is 0 Å². The maximum Gasteiger partial charge on any atom is 0.246 e. The lowest BCUT2D eigenvalue weighted by Crippen LogP contribution is -2.58. The van der Waals surface area contributed by atoms with E-state index in [9.17, 15) is 18.8 Å². The van der Waals surface area contributed by atoms with Crippen LogP contribution in [0.25, 0.3) is 0 Å². The molecule has 8 nitrogen and oxygen atoms in total. The Bertz CT molecular complexity index is 1150. The highest BCUT2D eigenvalue weighted by molar-refractivity contribution is 6.31. The summed E-state index contributed by atoms with van der Waals surface area (Å²) in [7, 11) is 1.59. The van der Waals surface area contributed by atoms with E-state index in [1.165, 1.54) is 18.2 Å². The third kappa shape index (κ3) is 4.52. The van der Waals surface area contributed by atoms with Crippen LogP contribution >= 0.6 is 11.6 Å². The highest BCUT2D eigenvalue weighted by atomic mass is 35.5. The van der Waals surface area contributed by atoms with Crippen molar-refractivity contribution in [3.05, 3.63) is 41.2 Å². The Morgan fingerprint density at radius 3 is 2.79 bits per heavy atom. The fourth-order valence-electron chi connectivity index (χ4n) is 6.73. The number of benzene rings is 1. The van der Waals surface area contributed by atoms with Crippen LogP contribution < -0.4 is 10.6 Å². The molecule has 1 aromatic carbocycles. The SMILES string of the molecule is COCCCN1C(=O)[C@H]2[C@H](C(=O)Nc3ccc(F)c(Cl)c3)[C@H]3C=C[C@@]2(O3)[C@@H]1C(=O)N[C@@H]1CCC[C@@H](C)[C@@H]1C. The zero-order chi connectivity index (χ0) is 27.2. The smallest absolute Gasteiger partial charge is 0.246 e. The average molecular weight is 548 g/mol. The van der Waals surface area contributed by atoms with Gasteiger partial charge in [0.25, 0.3) is 0 Å². The summed E-state index contributed by atoms with van der Waals surface area (Å²) < 4.78 is 25.2. The van der Waals surface area contributed by atoms with E-state index in [0.717, 1.165) is 19.3 Å². The van der Waals surface area contributed by atoms with Gasteiger partial charge < -0.3 is 25.0 Å². The normalized spacial score (nSPS) is 35.4. The molecule has 38 heavy (non-hydrogen) atoms. The second-order valence-corrected chi connectivity index (χ2v) is 11.5. The van der Waals surface area contributed by atoms with Crippen LogP contribution in [0.1, 0.15) is 39.5 Å². The first-order valence-electron chi connectivity index (χ1n) is 13.4. The quantitative estimate of drug-likeness (QED) is 0.383. The molecule has 5 rings (SSSR count). The number of ether oxygens (including phenoxy) is 2. The molecule has 1 spiro atoms. The molecule has 1 saturated carbocycles. The molecule has 10 heteroatoms. The fourth-order valence-corrected chi connectivity index (χ4v) is 6.91. The zero-order valence-corrected chi connectivity index (χ0v) is 22.7. The number of rotatable bonds is 8. The predicted octanol–water partition coefficient (Wildman–Crippen LogP) is 3.55. The number of likely N-dealkylation sites (tertiary alicyclic amines) is 1. The average Bonchev–Trinajstić information content (AvgIpc) is 3.52. The summed E-state index contributed by atoms with van der Waals surface area (Å²) in [6.07, 6.45) is 6.53. The summed E-state index contributed by atoms with van der Waals surface area (Å²) in [6.45, 7) is 5.10. The number of hydrogen-bond donors (Lipinski definition) is 2. The molecule has 8 atom stereocenters. The van der Waals surface area contributed by atoms with Crippen LogP contribution in [0.15, 0.2) is 30.4 Å². The van der Waals surface area contributed by atoms with Crippen molar-refractivity contribution in [1.29, 1.82) is 0 Å². The number of hydrogen-bond acceptors (Lipinski definition) is 5. The fraction of sp³-hybridized carbons (Fsp3) is 0.607. The monoisotopic (exact) mass is 547 g/mol. The van der Waals surface area contributed by atoms with Gasteiger partial charge >= 0.3 is 0 Å². The van der Waals surface area contributed by atoms with E-state index >= 15 is 0 Å². The van der Waals surface area contributed by atoms with Gasteiger partial charge in [-0.05, 0) is 42.9 Å². The maximum atomic E-state index is 13.9. The van der Waals surface area contributed by atoms with Gasteiger partial charge in [-0.1, -0.05) is 50.4 Å². The lowest BCUT2D eigenvalue weighted by Gasteiger charge is -2.38. The summed E-state index contributed by atoms with van der Waals surface area (Å²) in [4.78, 5) is 42.9. The molecule has 3 heterocycles. The minimum absolute atomic E-state index is 0.0162. The van der Waals surface area contributed by atoms with Gasteiger partial charge in [0, 0.05) is 32.0 Å². The van der Waals surface area contributed by atoms with Crippen LogP contribution in [-0.2, 0) is 23.9 Å². The number of nitrogens with one attached hydrogen (secondary N) is 2. The van der Waals surface area contributed by atoms with Crippen molar-refractivity contribution in [3.63, 3.8) is 0 Å². The van der Waals surface area contributed by atoms with Gasteiger partial charge in [-0.25, -0.2) is 4.39 Å². The molecular formula is C28H35ClFN3O5. The summed E-state index contributed by atoms with van der Waals surface area (Å²) in [5.74, 6) is -2.44. The van der Waals surface area contributed by atoms with Gasteiger partial charge in [0.1, 0.15) is 17.5 Å². The topological polar surface area (TPSA) is 97.0 Å². The van der Waals surface area contributed by atoms with Crippen molar-refractivity contribution >= 4 is 35.0 Å². The molecule has 2 saturated heterocycles. The first kappa shape index (κ1) is 27.1. The summed E-state index contributed by atoms with van der Waals surface area (Å²) >= 11 is 5.89. The van der Waals surface area contributed by atoms with Crippen molar-refractivity contribution < 1.29 is 28.2 Å². The largest absolute Gasteiger partial charge is 0.385 e. The Morgan fingerprint density at radius 1 is 1.26 bits per heavy atom. The minimum atomic E-state index is -1.23. The number of nitrogens with zero attached hydrogens (tertiary/aromatic N) is 1. The standard InChI is InChI=1S/C28H35ClFN3O5/c1-15-6-4-7-20(16(15)2)32-26(35)24-28-11-10-21(38-28)22(23(28)27(36)33(24)12-5-13-37-3)25(34)31-17-8-9-19(30)18(29)14-17/h8-11,14-16,20-24H,4-7,12-13H2,1-3H3,(H,31,34)(H,32,35)/t15-,16+,20-,21-,22-,23-,24+,28+/m1/s1. The van der Waals surface area contributed by atoms with Gasteiger partial charge in [-0.2, -0.15) is 0 Å². The Hall–Kier alpha value is -2.49. The Labute approximate surface area is 227 Å². The lowest BCUT2D eigenvalue weighted by molar-refractivity contribution is -0.141. The molecule has 3 fully saturated rings. The molecular weight excluding hydrogens is 513 g/mol. The van der Waals surface area contributed by atoms with Gasteiger partial charge in [0.15, 0.2) is 0 Å². The molecule has 0 unspecified atom stereocenters. The van der Waals surface area contributed by atoms with E-state index < -0.39 is 41.3 Å². The van der Waals surface area contributed by atoms with Crippen LogP contribution in [0.4, 0.5) is 10.1 Å². The number of methoxy groups -OCH3 is 1. The Balaban J connectivity index is 1.42. The third-order valence-corrected chi connectivity index (χ3v) is 9.18. The van der Waals surface area contributed by atoms with Crippen molar-refractivity contribution in [2.24, 2.45) is 23.7 Å². The number of halogens is 2. The highest BCUT2D eigenvalue weighted by Crippen LogP contribution is 2.55. The van der Waals surface area contributed by atoms with Crippen LogP contribution in [0.2, 0.25) is 5.02 Å². The van der Waals surface area contributed by atoms with Crippen molar-refractivity contribution in [1.82, 2.24) is 10.2 Å². The minimum Gasteiger partial charge on any atom is -0.385 e. The van der Waals surface area contributed by atoms with Crippen LogP contribution in [0.3, 0.4) is 0 Å². The highest BCUT2D eigenvalue weighted by Gasteiger charge is 2.72. The number of anilines is 1. The first-order chi connectivity index (χ1) is 18.2. The summed E-state index contributed by atoms with van der Waals surface area (Å²) in [5, 5.41) is 5.88. The van der Waals surface area contributed by atoms with Crippen LogP contribution in [0, 0.1) is 29.5 Å². The molecule has 3 amide bonds. The zero-order valence-electron chi connectivity index (χ0n) is 21.9. The number of fused-ring (bicyclic) bond motifs is 1. The van der Waals surface area contributed by atoms with Crippen LogP contribution in [-0.4, -0.2) is 66.7 Å². The Kier molecular flexibility index (Phi) is 7.55. The second kappa shape index (κ2) is 10.6. The van der Waals surface area contributed by atoms with E-state index in [2.05, 4.69) is 24.5 Å². The van der Waals surface area contributed by atoms with Gasteiger partial charge in [-0.3, -0.25) is 14.4 Å². The number of amides is 3.